The zero-order valence-electron chi connectivity index (χ0n) is 12.2. The Kier molecular flexibility index (Phi) is 5.62. The lowest BCUT2D eigenvalue weighted by atomic mass is 9.85. The van der Waals surface area contributed by atoms with Crippen molar-refractivity contribution in [3.05, 3.63) is 0 Å². The number of hydrogen-bond donors (Lipinski definition) is 1. The molecule has 4 nitrogen and oxygen atoms in total. The summed E-state index contributed by atoms with van der Waals surface area (Å²) in [6.45, 7) is 11.0. The molecule has 1 atom stereocenters. The van der Waals surface area contributed by atoms with Gasteiger partial charge in [0.25, 0.3) is 0 Å². The molecular formula is C13H28N2O2S. The summed E-state index contributed by atoms with van der Waals surface area (Å²) in [5, 5.41) is 2.86. The summed E-state index contributed by atoms with van der Waals surface area (Å²) in [6.07, 6.45) is 3.12. The van der Waals surface area contributed by atoms with Gasteiger partial charge >= 0.3 is 0 Å². The number of rotatable bonds is 6. The zero-order valence-corrected chi connectivity index (χ0v) is 13.0. The highest BCUT2D eigenvalue weighted by molar-refractivity contribution is 7.89. The van der Waals surface area contributed by atoms with Crippen LogP contribution in [0.3, 0.4) is 0 Å². The lowest BCUT2D eigenvalue weighted by molar-refractivity contribution is 0.186. The van der Waals surface area contributed by atoms with Gasteiger partial charge in [0.05, 0.1) is 5.25 Å². The van der Waals surface area contributed by atoms with E-state index in [-0.39, 0.29) is 10.7 Å². The maximum Gasteiger partial charge on any atom is 0.217 e. The Morgan fingerprint density at radius 1 is 1.39 bits per heavy atom. The largest absolute Gasteiger partial charge is 0.315 e. The van der Waals surface area contributed by atoms with E-state index >= 15 is 0 Å². The summed E-state index contributed by atoms with van der Waals surface area (Å²) in [5.41, 5.74) is 0.113. The van der Waals surface area contributed by atoms with Crippen molar-refractivity contribution in [3.63, 3.8) is 0 Å². The summed E-state index contributed by atoms with van der Waals surface area (Å²) >= 11 is 0. The molecule has 1 heterocycles. The Labute approximate surface area is 112 Å². The van der Waals surface area contributed by atoms with Crippen LogP contribution in [-0.2, 0) is 10.0 Å². The molecule has 1 aliphatic rings. The fourth-order valence-corrected chi connectivity index (χ4v) is 4.18. The fraction of sp³-hybridized carbons (Fsp3) is 1.00. The van der Waals surface area contributed by atoms with Crippen molar-refractivity contribution >= 4 is 10.0 Å². The van der Waals surface area contributed by atoms with Gasteiger partial charge in [0.15, 0.2) is 0 Å². The molecule has 5 heteroatoms. The van der Waals surface area contributed by atoms with Gasteiger partial charge in [-0.3, -0.25) is 0 Å². The summed E-state index contributed by atoms with van der Waals surface area (Å²) in [5.74, 6) is 0. The number of nitrogens with zero attached hydrogens (tertiary/aromatic N) is 1. The van der Waals surface area contributed by atoms with E-state index in [0.717, 1.165) is 25.8 Å². The molecule has 1 saturated heterocycles. The second-order valence-corrected chi connectivity index (χ2v) is 8.51. The minimum absolute atomic E-state index is 0.113. The van der Waals surface area contributed by atoms with Gasteiger partial charge in [0.2, 0.25) is 10.0 Å². The van der Waals surface area contributed by atoms with E-state index < -0.39 is 10.0 Å². The van der Waals surface area contributed by atoms with E-state index in [1.54, 1.807) is 11.2 Å². The van der Waals surface area contributed by atoms with Crippen molar-refractivity contribution in [1.82, 2.24) is 9.62 Å². The van der Waals surface area contributed by atoms with E-state index in [4.69, 9.17) is 0 Å². The van der Waals surface area contributed by atoms with Gasteiger partial charge in [-0.2, -0.15) is 0 Å². The van der Waals surface area contributed by atoms with Crippen LogP contribution >= 0.6 is 0 Å². The molecule has 0 aromatic heterocycles. The van der Waals surface area contributed by atoms with Crippen LogP contribution in [0.1, 0.15) is 47.0 Å². The molecule has 1 fully saturated rings. The van der Waals surface area contributed by atoms with Crippen LogP contribution in [0.2, 0.25) is 0 Å². The van der Waals surface area contributed by atoms with Crippen LogP contribution in [0.4, 0.5) is 0 Å². The van der Waals surface area contributed by atoms with E-state index in [1.807, 2.05) is 0 Å². The van der Waals surface area contributed by atoms with Crippen molar-refractivity contribution in [1.29, 1.82) is 0 Å². The topological polar surface area (TPSA) is 49.4 Å². The van der Waals surface area contributed by atoms with Crippen molar-refractivity contribution in [3.8, 4) is 0 Å². The molecule has 1 unspecified atom stereocenters. The predicted molar refractivity (Wildman–Crippen MR) is 76.1 cm³/mol. The molecule has 0 aromatic carbocycles. The Hall–Kier alpha value is -0.130. The van der Waals surface area contributed by atoms with Crippen LogP contribution in [-0.4, -0.2) is 44.2 Å². The molecule has 1 N–H and O–H groups in total. The Balaban J connectivity index is 2.62. The average molecular weight is 276 g/mol. The minimum Gasteiger partial charge on any atom is -0.315 e. The molecule has 108 valence electrons. The van der Waals surface area contributed by atoms with E-state index in [2.05, 4.69) is 26.1 Å². The summed E-state index contributed by atoms with van der Waals surface area (Å²) in [7, 11) is -3.14. The van der Waals surface area contributed by atoms with Gasteiger partial charge in [-0.25, -0.2) is 12.7 Å². The lowest BCUT2D eigenvalue weighted by Gasteiger charge is -2.38. The van der Waals surface area contributed by atoms with Gasteiger partial charge < -0.3 is 5.32 Å². The molecule has 0 aliphatic carbocycles. The number of hydrogen-bond acceptors (Lipinski definition) is 3. The molecule has 18 heavy (non-hydrogen) atoms. The van der Waals surface area contributed by atoms with E-state index in [0.29, 0.717) is 19.6 Å². The lowest BCUT2D eigenvalue weighted by Crippen LogP contribution is -2.48. The molecule has 1 rings (SSSR count). The van der Waals surface area contributed by atoms with E-state index in [1.165, 1.54) is 0 Å². The first-order valence-corrected chi connectivity index (χ1v) is 8.49. The van der Waals surface area contributed by atoms with Gasteiger partial charge in [-0.1, -0.05) is 20.8 Å². The third-order valence-corrected chi connectivity index (χ3v) is 5.81. The Morgan fingerprint density at radius 2 is 2.06 bits per heavy atom. The molecule has 0 amide bonds. The maximum atomic E-state index is 12.5. The summed E-state index contributed by atoms with van der Waals surface area (Å²) in [6, 6.07) is 0. The molecule has 1 aliphatic heterocycles. The van der Waals surface area contributed by atoms with Crippen LogP contribution in [0.15, 0.2) is 0 Å². The first-order chi connectivity index (χ1) is 8.29. The molecular weight excluding hydrogens is 248 g/mol. The third-order valence-electron chi connectivity index (χ3n) is 3.59. The standard InChI is InChI=1S/C13H28N2O2S/c1-5-8-14-10-12(2)18(16,17)15-9-6-7-13(3,4)11-15/h12,14H,5-11H2,1-4H3. The number of piperidine rings is 1. The van der Waals surface area contributed by atoms with Gasteiger partial charge in [0, 0.05) is 19.6 Å². The normalized spacial score (nSPS) is 22.9. The molecule has 0 saturated carbocycles. The smallest absolute Gasteiger partial charge is 0.217 e. The average Bonchev–Trinajstić information content (AvgIpc) is 2.27. The van der Waals surface area contributed by atoms with Crippen molar-refractivity contribution < 1.29 is 8.42 Å². The molecule has 0 radical (unpaired) electrons. The quantitative estimate of drug-likeness (QED) is 0.753. The van der Waals surface area contributed by atoms with Crippen molar-refractivity contribution in [2.24, 2.45) is 5.41 Å². The monoisotopic (exact) mass is 276 g/mol. The second kappa shape index (κ2) is 6.35. The predicted octanol–water partition coefficient (Wildman–Crippen LogP) is 1.83. The first kappa shape index (κ1) is 15.9. The minimum atomic E-state index is -3.14. The molecule has 0 bridgehead atoms. The Bertz CT molecular complexity index is 352. The highest BCUT2D eigenvalue weighted by Gasteiger charge is 2.35. The zero-order chi connectivity index (χ0) is 13.8. The van der Waals surface area contributed by atoms with Crippen LogP contribution < -0.4 is 5.32 Å². The van der Waals surface area contributed by atoms with Crippen molar-refractivity contribution in [2.45, 2.75) is 52.2 Å². The maximum absolute atomic E-state index is 12.5. The van der Waals surface area contributed by atoms with Crippen LogP contribution in [0, 0.1) is 5.41 Å². The van der Waals surface area contributed by atoms with Gasteiger partial charge in [0.1, 0.15) is 0 Å². The number of sulfonamides is 1. The summed E-state index contributed by atoms with van der Waals surface area (Å²) < 4.78 is 26.6. The number of nitrogens with one attached hydrogen (secondary N) is 1. The van der Waals surface area contributed by atoms with Gasteiger partial charge in [-0.05, 0) is 38.1 Å². The molecule has 0 aromatic rings. The van der Waals surface area contributed by atoms with Gasteiger partial charge in [-0.15, -0.1) is 0 Å². The highest BCUT2D eigenvalue weighted by atomic mass is 32.2. The fourth-order valence-electron chi connectivity index (χ4n) is 2.43. The third kappa shape index (κ3) is 4.21. The summed E-state index contributed by atoms with van der Waals surface area (Å²) in [4.78, 5) is 0. The molecule has 0 spiro atoms. The SMILES string of the molecule is CCCNCC(C)S(=O)(=O)N1CCCC(C)(C)C1. The van der Waals surface area contributed by atoms with Crippen LogP contribution in [0.5, 0.6) is 0 Å². The second-order valence-electron chi connectivity index (χ2n) is 6.16. The highest BCUT2D eigenvalue weighted by Crippen LogP contribution is 2.30. The van der Waals surface area contributed by atoms with Crippen LogP contribution in [0.25, 0.3) is 0 Å². The van der Waals surface area contributed by atoms with E-state index in [9.17, 15) is 8.42 Å². The Morgan fingerprint density at radius 3 is 2.61 bits per heavy atom. The van der Waals surface area contributed by atoms with Crippen molar-refractivity contribution in [2.75, 3.05) is 26.2 Å². The first-order valence-electron chi connectivity index (χ1n) is 6.99.